The molecule has 1 aromatic heterocycles. The van der Waals surface area contributed by atoms with E-state index in [9.17, 15) is 4.79 Å². The summed E-state index contributed by atoms with van der Waals surface area (Å²) >= 11 is 7.49. The number of aromatic nitrogens is 1. The third-order valence-corrected chi connectivity index (χ3v) is 5.77. The number of carbonyl (C=O) groups is 1. The van der Waals surface area contributed by atoms with Crippen LogP contribution < -0.4 is 5.32 Å². The number of hydrogen-bond donors (Lipinski definition) is 1. The Labute approximate surface area is 172 Å². The van der Waals surface area contributed by atoms with Gasteiger partial charge in [-0.25, -0.2) is 4.99 Å². The van der Waals surface area contributed by atoms with E-state index in [0.717, 1.165) is 22.6 Å². The zero-order valence-corrected chi connectivity index (χ0v) is 17.0. The van der Waals surface area contributed by atoms with Crippen LogP contribution in [-0.4, -0.2) is 15.6 Å². The summed E-state index contributed by atoms with van der Waals surface area (Å²) in [5.74, 6) is -0.152. The summed E-state index contributed by atoms with van der Waals surface area (Å²) in [6.45, 7) is 3.97. The first-order chi connectivity index (χ1) is 13.5. The molecular formula is C22H18ClN3OS. The lowest BCUT2D eigenvalue weighted by atomic mass is 10.2. The zero-order valence-electron chi connectivity index (χ0n) is 15.4. The van der Waals surface area contributed by atoms with Crippen LogP contribution in [0.3, 0.4) is 0 Å². The van der Waals surface area contributed by atoms with Gasteiger partial charge in [-0.05, 0) is 79.2 Å². The molecule has 0 saturated carbocycles. The molecule has 0 spiro atoms. The monoisotopic (exact) mass is 407 g/mol. The van der Waals surface area contributed by atoms with Crippen molar-refractivity contribution >= 4 is 46.2 Å². The molecule has 6 heteroatoms. The minimum Gasteiger partial charge on any atom is -0.317 e. The van der Waals surface area contributed by atoms with Crippen LogP contribution in [0.2, 0.25) is 5.02 Å². The van der Waals surface area contributed by atoms with Crippen LogP contribution in [0.15, 0.2) is 70.7 Å². The number of aliphatic imine (C=N–C) groups is 1. The van der Waals surface area contributed by atoms with Crippen LogP contribution in [0, 0.1) is 13.8 Å². The Balaban J connectivity index is 1.64. The normalized spacial score (nSPS) is 16.8. The van der Waals surface area contributed by atoms with Gasteiger partial charge in [-0.15, -0.1) is 0 Å². The SMILES string of the molecule is Cc1cccc(-n2cccc2/C=C2/SC(=Nc3cccc(Cl)c3C)NC2=O)c1. The van der Waals surface area contributed by atoms with Crippen LogP contribution in [0.5, 0.6) is 0 Å². The first-order valence-corrected chi connectivity index (χ1v) is 10.00. The average Bonchev–Trinajstić information content (AvgIpc) is 3.26. The van der Waals surface area contributed by atoms with Gasteiger partial charge in [0.1, 0.15) is 0 Å². The lowest BCUT2D eigenvalue weighted by Gasteiger charge is -2.07. The van der Waals surface area contributed by atoms with Crippen molar-refractivity contribution in [2.24, 2.45) is 4.99 Å². The van der Waals surface area contributed by atoms with Gasteiger partial charge < -0.3 is 9.88 Å². The van der Waals surface area contributed by atoms with Crippen LogP contribution >= 0.6 is 23.4 Å². The molecule has 1 saturated heterocycles. The van der Waals surface area contributed by atoms with Gasteiger partial charge in [0, 0.05) is 22.6 Å². The first-order valence-electron chi connectivity index (χ1n) is 8.80. The second-order valence-electron chi connectivity index (χ2n) is 6.51. The van der Waals surface area contributed by atoms with Crippen molar-refractivity contribution in [1.29, 1.82) is 0 Å². The van der Waals surface area contributed by atoms with Gasteiger partial charge in [0.2, 0.25) is 0 Å². The van der Waals surface area contributed by atoms with E-state index in [-0.39, 0.29) is 5.91 Å². The first kappa shape index (κ1) is 18.6. The van der Waals surface area contributed by atoms with Gasteiger partial charge in [0.15, 0.2) is 5.17 Å². The number of nitrogens with one attached hydrogen (secondary N) is 1. The highest BCUT2D eigenvalue weighted by molar-refractivity contribution is 8.18. The smallest absolute Gasteiger partial charge is 0.264 e. The second kappa shape index (κ2) is 7.70. The second-order valence-corrected chi connectivity index (χ2v) is 7.95. The highest BCUT2D eigenvalue weighted by Crippen LogP contribution is 2.31. The summed E-state index contributed by atoms with van der Waals surface area (Å²) in [6.07, 6.45) is 3.87. The van der Waals surface area contributed by atoms with Crippen molar-refractivity contribution in [2.75, 3.05) is 0 Å². The largest absolute Gasteiger partial charge is 0.317 e. The number of benzene rings is 2. The Bertz CT molecular complexity index is 1130. The molecule has 4 rings (SSSR count). The molecule has 140 valence electrons. The summed E-state index contributed by atoms with van der Waals surface area (Å²) in [7, 11) is 0. The number of amides is 1. The maximum atomic E-state index is 12.4. The Kier molecular flexibility index (Phi) is 5.11. The summed E-state index contributed by atoms with van der Waals surface area (Å²) in [4.78, 5) is 17.6. The highest BCUT2D eigenvalue weighted by Gasteiger charge is 2.24. The lowest BCUT2D eigenvalue weighted by Crippen LogP contribution is -2.19. The standard InChI is InChI=1S/C22H18ClN3OS/c1-14-6-3-7-16(12-14)26-11-5-8-17(26)13-20-21(27)25-22(28-20)24-19-10-4-9-18(23)15(19)2/h3-13H,1-2H3,(H,24,25,27)/b20-13+. The minimum absolute atomic E-state index is 0.152. The van der Waals surface area contributed by atoms with E-state index >= 15 is 0 Å². The molecule has 1 aliphatic rings. The maximum Gasteiger partial charge on any atom is 0.264 e. The number of thioether (sulfide) groups is 1. The van der Waals surface area contributed by atoms with Crippen LogP contribution in [0.25, 0.3) is 11.8 Å². The predicted octanol–water partition coefficient (Wildman–Crippen LogP) is 5.64. The van der Waals surface area contributed by atoms with E-state index in [1.54, 1.807) is 0 Å². The fourth-order valence-corrected chi connectivity index (χ4v) is 3.96. The zero-order chi connectivity index (χ0) is 19.7. The van der Waals surface area contributed by atoms with Crippen LogP contribution in [0.1, 0.15) is 16.8 Å². The van der Waals surface area contributed by atoms with Crippen molar-refractivity contribution in [3.05, 3.63) is 87.5 Å². The Morgan fingerprint density at radius 1 is 1.11 bits per heavy atom. The van der Waals surface area contributed by atoms with Gasteiger partial charge >= 0.3 is 0 Å². The summed E-state index contributed by atoms with van der Waals surface area (Å²) in [6, 6.07) is 17.8. The molecule has 1 amide bonds. The van der Waals surface area contributed by atoms with Crippen molar-refractivity contribution in [1.82, 2.24) is 9.88 Å². The average molecular weight is 408 g/mol. The molecule has 0 radical (unpaired) electrons. The third-order valence-electron chi connectivity index (χ3n) is 4.45. The van der Waals surface area contributed by atoms with Crippen molar-refractivity contribution in [3.8, 4) is 5.69 Å². The van der Waals surface area contributed by atoms with Crippen molar-refractivity contribution in [3.63, 3.8) is 0 Å². The van der Waals surface area contributed by atoms with Gasteiger partial charge in [0.05, 0.1) is 10.6 Å². The molecule has 4 nitrogen and oxygen atoms in total. The van der Waals surface area contributed by atoms with Crippen LogP contribution in [-0.2, 0) is 4.79 Å². The van der Waals surface area contributed by atoms with E-state index in [4.69, 9.17) is 11.6 Å². The molecule has 0 aliphatic carbocycles. The molecular weight excluding hydrogens is 390 g/mol. The van der Waals surface area contributed by atoms with Crippen molar-refractivity contribution in [2.45, 2.75) is 13.8 Å². The Morgan fingerprint density at radius 2 is 1.93 bits per heavy atom. The molecule has 1 aliphatic heterocycles. The van der Waals surface area contributed by atoms with E-state index in [1.807, 2.05) is 61.7 Å². The number of halogens is 1. The lowest BCUT2D eigenvalue weighted by molar-refractivity contribution is -0.115. The maximum absolute atomic E-state index is 12.4. The van der Waals surface area contributed by atoms with E-state index in [2.05, 4.69) is 33.9 Å². The predicted molar refractivity (Wildman–Crippen MR) is 118 cm³/mol. The molecule has 0 atom stereocenters. The number of amidine groups is 1. The highest BCUT2D eigenvalue weighted by atomic mass is 35.5. The van der Waals surface area contributed by atoms with Crippen molar-refractivity contribution < 1.29 is 4.79 Å². The molecule has 1 N–H and O–H groups in total. The number of hydrogen-bond acceptors (Lipinski definition) is 3. The summed E-state index contributed by atoms with van der Waals surface area (Å²) < 4.78 is 2.06. The molecule has 28 heavy (non-hydrogen) atoms. The van der Waals surface area contributed by atoms with Gasteiger partial charge in [-0.2, -0.15) is 0 Å². The Hall–Kier alpha value is -2.76. The summed E-state index contributed by atoms with van der Waals surface area (Å²) in [5.41, 5.74) is 4.81. The molecule has 3 aromatic rings. The molecule has 2 heterocycles. The number of rotatable bonds is 3. The molecule has 2 aromatic carbocycles. The van der Waals surface area contributed by atoms with Gasteiger partial charge in [-0.3, -0.25) is 4.79 Å². The number of aryl methyl sites for hydroxylation is 1. The minimum atomic E-state index is -0.152. The van der Waals surface area contributed by atoms with Crippen LogP contribution in [0.4, 0.5) is 5.69 Å². The Morgan fingerprint density at radius 3 is 2.75 bits per heavy atom. The topological polar surface area (TPSA) is 46.4 Å². The molecule has 0 bridgehead atoms. The number of nitrogens with zero attached hydrogens (tertiary/aromatic N) is 2. The fraction of sp³-hybridized carbons (Fsp3) is 0.0909. The fourth-order valence-electron chi connectivity index (χ4n) is 2.97. The van der Waals surface area contributed by atoms with E-state index in [1.165, 1.54) is 17.3 Å². The number of carbonyl (C=O) groups excluding carboxylic acids is 1. The van der Waals surface area contributed by atoms with E-state index in [0.29, 0.717) is 15.1 Å². The molecule has 1 fully saturated rings. The molecule has 0 unspecified atom stereocenters. The van der Waals surface area contributed by atoms with Gasteiger partial charge in [0.25, 0.3) is 5.91 Å². The van der Waals surface area contributed by atoms with E-state index < -0.39 is 0 Å². The quantitative estimate of drug-likeness (QED) is 0.571. The summed E-state index contributed by atoms with van der Waals surface area (Å²) in [5, 5.41) is 4.04. The van der Waals surface area contributed by atoms with Gasteiger partial charge in [-0.1, -0.05) is 29.8 Å². The third kappa shape index (κ3) is 3.77.